The van der Waals surface area contributed by atoms with Crippen molar-refractivity contribution in [3.8, 4) is 0 Å². The molecule has 0 radical (unpaired) electrons. The number of aryl methyl sites for hydroxylation is 2. The number of hydrogen-bond acceptors (Lipinski definition) is 1. The smallest absolute Gasteiger partial charge is 0.0568 e. The molecule has 0 N–H and O–H groups in total. The lowest BCUT2D eigenvalue weighted by atomic mass is 10.3. The van der Waals surface area contributed by atoms with Crippen LogP contribution in [0.25, 0.3) is 0 Å². The van der Waals surface area contributed by atoms with E-state index in [1.165, 1.54) is 21.8 Å². The minimum Gasteiger partial charge on any atom is -0.344 e. The van der Waals surface area contributed by atoms with Gasteiger partial charge in [-0.1, -0.05) is 6.07 Å². The topological polar surface area (TPSA) is 4.93 Å². The summed E-state index contributed by atoms with van der Waals surface area (Å²) in [7, 11) is 0. The van der Waals surface area contributed by atoms with Gasteiger partial charge in [0, 0.05) is 16.3 Å². The summed E-state index contributed by atoms with van der Waals surface area (Å²) in [5.74, 6) is 0. The molecule has 0 aromatic carbocycles. The SMILES string of the molecule is Cc1cc(C)n(Cc2cccs2)c1C. The van der Waals surface area contributed by atoms with Crippen LogP contribution in [0.15, 0.2) is 23.6 Å². The van der Waals surface area contributed by atoms with Gasteiger partial charge in [-0.2, -0.15) is 0 Å². The van der Waals surface area contributed by atoms with Crippen molar-refractivity contribution in [3.05, 3.63) is 45.4 Å². The number of rotatable bonds is 2. The Hall–Kier alpha value is -1.02. The molecule has 0 saturated carbocycles. The monoisotopic (exact) mass is 205 g/mol. The Morgan fingerprint density at radius 3 is 2.57 bits per heavy atom. The molecule has 0 atom stereocenters. The van der Waals surface area contributed by atoms with Crippen LogP contribution in [0.2, 0.25) is 0 Å². The Kier molecular flexibility index (Phi) is 2.46. The lowest BCUT2D eigenvalue weighted by Gasteiger charge is -2.07. The Morgan fingerprint density at radius 2 is 2.07 bits per heavy atom. The van der Waals surface area contributed by atoms with E-state index in [0.717, 1.165) is 6.54 Å². The lowest BCUT2D eigenvalue weighted by Crippen LogP contribution is -2.02. The first kappa shape index (κ1) is 9.53. The summed E-state index contributed by atoms with van der Waals surface area (Å²) in [6, 6.07) is 6.56. The summed E-state index contributed by atoms with van der Waals surface area (Å²) < 4.78 is 2.38. The van der Waals surface area contributed by atoms with Crippen LogP contribution in [0.5, 0.6) is 0 Å². The van der Waals surface area contributed by atoms with Gasteiger partial charge in [0.25, 0.3) is 0 Å². The van der Waals surface area contributed by atoms with Crippen LogP contribution in [0.1, 0.15) is 21.8 Å². The van der Waals surface area contributed by atoms with Crippen molar-refractivity contribution >= 4 is 11.3 Å². The fraction of sp³-hybridized carbons (Fsp3) is 0.333. The Morgan fingerprint density at radius 1 is 1.29 bits per heavy atom. The number of nitrogens with zero attached hydrogens (tertiary/aromatic N) is 1. The van der Waals surface area contributed by atoms with Gasteiger partial charge in [-0.15, -0.1) is 11.3 Å². The van der Waals surface area contributed by atoms with E-state index in [0.29, 0.717) is 0 Å². The largest absolute Gasteiger partial charge is 0.344 e. The average molecular weight is 205 g/mol. The Balaban J connectivity index is 2.33. The minimum absolute atomic E-state index is 1.02. The highest BCUT2D eigenvalue weighted by Crippen LogP contribution is 2.18. The second kappa shape index (κ2) is 3.62. The molecule has 0 saturated heterocycles. The summed E-state index contributed by atoms with van der Waals surface area (Å²) in [6.07, 6.45) is 0. The molecule has 0 aliphatic heterocycles. The van der Waals surface area contributed by atoms with E-state index >= 15 is 0 Å². The summed E-state index contributed by atoms with van der Waals surface area (Å²) in [6.45, 7) is 7.56. The molecular formula is C12H15NS. The van der Waals surface area contributed by atoms with Gasteiger partial charge in [0.1, 0.15) is 0 Å². The predicted molar refractivity (Wildman–Crippen MR) is 62.1 cm³/mol. The third-order valence-corrected chi connectivity index (χ3v) is 3.58. The maximum Gasteiger partial charge on any atom is 0.0568 e. The van der Waals surface area contributed by atoms with Crippen molar-refractivity contribution in [1.82, 2.24) is 4.57 Å². The van der Waals surface area contributed by atoms with E-state index in [1.54, 1.807) is 0 Å². The maximum atomic E-state index is 2.38. The molecule has 0 bridgehead atoms. The maximum absolute atomic E-state index is 2.38. The predicted octanol–water partition coefficient (Wildman–Crippen LogP) is 3.52. The third kappa shape index (κ3) is 1.62. The third-order valence-electron chi connectivity index (χ3n) is 2.72. The molecule has 0 amide bonds. The standard InChI is InChI=1S/C12H15NS/c1-9-7-10(2)13(11(9)3)8-12-5-4-6-14-12/h4-7H,8H2,1-3H3. The molecule has 0 spiro atoms. The second-order valence-corrected chi connectivity index (χ2v) is 4.75. The highest BCUT2D eigenvalue weighted by atomic mass is 32.1. The van der Waals surface area contributed by atoms with Crippen LogP contribution < -0.4 is 0 Å². The van der Waals surface area contributed by atoms with E-state index in [9.17, 15) is 0 Å². The van der Waals surface area contributed by atoms with Crippen LogP contribution in [-0.4, -0.2) is 4.57 Å². The van der Waals surface area contributed by atoms with E-state index < -0.39 is 0 Å². The van der Waals surface area contributed by atoms with Gasteiger partial charge in [-0.3, -0.25) is 0 Å². The molecule has 2 aromatic rings. The van der Waals surface area contributed by atoms with Crippen molar-refractivity contribution in [2.75, 3.05) is 0 Å². The molecule has 2 aromatic heterocycles. The molecular weight excluding hydrogens is 190 g/mol. The summed E-state index contributed by atoms with van der Waals surface area (Å²) in [5, 5.41) is 2.14. The molecule has 0 fully saturated rings. The molecule has 0 aliphatic rings. The van der Waals surface area contributed by atoms with Gasteiger partial charge in [0.2, 0.25) is 0 Å². The summed E-state index contributed by atoms with van der Waals surface area (Å²) >= 11 is 1.82. The number of hydrogen-bond donors (Lipinski definition) is 0. The summed E-state index contributed by atoms with van der Waals surface area (Å²) in [5.41, 5.74) is 4.13. The van der Waals surface area contributed by atoms with Gasteiger partial charge in [-0.05, 0) is 43.8 Å². The molecule has 0 aliphatic carbocycles. The highest BCUT2D eigenvalue weighted by molar-refractivity contribution is 7.09. The van der Waals surface area contributed by atoms with Crippen molar-refractivity contribution in [1.29, 1.82) is 0 Å². The van der Waals surface area contributed by atoms with Gasteiger partial charge in [0.05, 0.1) is 6.54 Å². The van der Waals surface area contributed by atoms with Crippen molar-refractivity contribution in [2.45, 2.75) is 27.3 Å². The lowest BCUT2D eigenvalue weighted by molar-refractivity contribution is 0.757. The summed E-state index contributed by atoms with van der Waals surface area (Å²) in [4.78, 5) is 1.42. The Bertz CT molecular complexity index is 423. The molecule has 14 heavy (non-hydrogen) atoms. The first-order valence-electron chi connectivity index (χ1n) is 4.84. The molecule has 0 unspecified atom stereocenters. The van der Waals surface area contributed by atoms with Crippen LogP contribution in [0, 0.1) is 20.8 Å². The fourth-order valence-electron chi connectivity index (χ4n) is 1.77. The van der Waals surface area contributed by atoms with Gasteiger partial charge < -0.3 is 4.57 Å². The minimum atomic E-state index is 1.02. The van der Waals surface area contributed by atoms with Crippen molar-refractivity contribution in [3.63, 3.8) is 0 Å². The first-order valence-corrected chi connectivity index (χ1v) is 5.72. The zero-order chi connectivity index (χ0) is 10.1. The zero-order valence-corrected chi connectivity index (χ0v) is 9.69. The molecule has 2 heterocycles. The van der Waals surface area contributed by atoms with Crippen molar-refractivity contribution in [2.24, 2.45) is 0 Å². The van der Waals surface area contributed by atoms with Gasteiger partial charge >= 0.3 is 0 Å². The molecule has 2 rings (SSSR count). The number of thiophene rings is 1. The van der Waals surface area contributed by atoms with Crippen molar-refractivity contribution < 1.29 is 0 Å². The number of aromatic nitrogens is 1. The van der Waals surface area contributed by atoms with E-state index in [-0.39, 0.29) is 0 Å². The average Bonchev–Trinajstić information content (AvgIpc) is 2.71. The zero-order valence-electron chi connectivity index (χ0n) is 8.87. The Labute approximate surface area is 89.0 Å². The van der Waals surface area contributed by atoms with Crippen LogP contribution in [-0.2, 0) is 6.54 Å². The van der Waals surface area contributed by atoms with E-state index in [2.05, 4.69) is 48.9 Å². The second-order valence-electron chi connectivity index (χ2n) is 3.72. The van der Waals surface area contributed by atoms with E-state index in [4.69, 9.17) is 0 Å². The quantitative estimate of drug-likeness (QED) is 0.707. The molecule has 1 nitrogen and oxygen atoms in total. The fourth-order valence-corrected chi connectivity index (χ4v) is 2.47. The van der Waals surface area contributed by atoms with Gasteiger partial charge in [0.15, 0.2) is 0 Å². The van der Waals surface area contributed by atoms with Crippen LogP contribution >= 0.6 is 11.3 Å². The van der Waals surface area contributed by atoms with Gasteiger partial charge in [-0.25, -0.2) is 0 Å². The molecule has 2 heteroatoms. The highest BCUT2D eigenvalue weighted by Gasteiger charge is 2.05. The normalized spacial score (nSPS) is 10.8. The van der Waals surface area contributed by atoms with E-state index in [1.807, 2.05) is 11.3 Å². The van der Waals surface area contributed by atoms with Crippen LogP contribution in [0.3, 0.4) is 0 Å². The van der Waals surface area contributed by atoms with Crippen LogP contribution in [0.4, 0.5) is 0 Å². The molecule has 74 valence electrons. The first-order chi connectivity index (χ1) is 6.68.